The van der Waals surface area contributed by atoms with Crippen LogP contribution in [-0.2, 0) is 0 Å². The fourth-order valence-corrected chi connectivity index (χ4v) is 4.07. The average molecular weight is 622 g/mol. The lowest BCUT2D eigenvalue weighted by Gasteiger charge is -2.19. The molecule has 44 heavy (non-hydrogen) atoms. The zero-order chi connectivity index (χ0) is 31.7. The Hall–Kier alpha value is -5.14. The first-order valence-electron chi connectivity index (χ1n) is 12.2. The molecule has 0 saturated carbocycles. The Kier molecular flexibility index (Phi) is 8.43. The summed E-state index contributed by atoms with van der Waals surface area (Å²) >= 11 is 0. The van der Waals surface area contributed by atoms with Crippen molar-refractivity contribution in [3.63, 3.8) is 0 Å². The van der Waals surface area contributed by atoms with Crippen LogP contribution in [0.2, 0.25) is 0 Å². The number of halogens is 10. The zero-order valence-corrected chi connectivity index (χ0v) is 21.6. The van der Waals surface area contributed by atoms with Crippen molar-refractivity contribution in [2.24, 2.45) is 0 Å². The molecular weight excluding hydrogens is 609 g/mol. The highest BCUT2D eigenvalue weighted by Gasteiger charge is 2.35. The molecule has 0 amide bonds. The van der Waals surface area contributed by atoms with Crippen LogP contribution >= 0.6 is 0 Å². The van der Waals surface area contributed by atoms with Crippen LogP contribution < -0.4 is 14.0 Å². The molecule has 0 spiro atoms. The van der Waals surface area contributed by atoms with Crippen molar-refractivity contribution in [3.05, 3.63) is 137 Å². The van der Waals surface area contributed by atoms with Crippen molar-refractivity contribution in [2.45, 2.75) is 0 Å². The van der Waals surface area contributed by atoms with Crippen LogP contribution in [0.1, 0.15) is 0 Å². The average Bonchev–Trinajstić information content (AvgIpc) is 2.97. The van der Waals surface area contributed by atoms with Gasteiger partial charge in [-0.2, -0.15) is 0 Å². The molecule has 0 saturated heterocycles. The summed E-state index contributed by atoms with van der Waals surface area (Å²) in [6.45, 7) is 0. The van der Waals surface area contributed by atoms with Crippen molar-refractivity contribution in [1.29, 1.82) is 0 Å². The molecule has 0 aliphatic heterocycles. The highest BCUT2D eigenvalue weighted by Crippen LogP contribution is 2.36. The van der Waals surface area contributed by atoms with Gasteiger partial charge < -0.3 is 14.0 Å². The van der Waals surface area contributed by atoms with Crippen LogP contribution in [0.5, 0.6) is 17.2 Å². The van der Waals surface area contributed by atoms with Gasteiger partial charge in [-0.15, -0.1) is 0 Å². The predicted molar refractivity (Wildman–Crippen MR) is 137 cm³/mol. The third-order valence-electron chi connectivity index (χ3n) is 6.06. The Morgan fingerprint density at radius 1 is 0.364 bits per heavy atom. The van der Waals surface area contributed by atoms with E-state index >= 15 is 8.78 Å². The van der Waals surface area contributed by atoms with Crippen molar-refractivity contribution in [2.75, 3.05) is 0 Å². The van der Waals surface area contributed by atoms with Crippen LogP contribution in [0.4, 0.5) is 43.9 Å². The smallest absolute Gasteiger partial charge is 0.487 e. The summed E-state index contributed by atoms with van der Waals surface area (Å²) in [4.78, 5) is 0. The van der Waals surface area contributed by atoms with E-state index in [0.29, 0.717) is 30.3 Å². The maximum atomic E-state index is 15.5. The van der Waals surface area contributed by atoms with E-state index in [0.717, 1.165) is 48.5 Å². The Balaban J connectivity index is 1.59. The number of rotatable bonds is 8. The standard InChI is InChI=1S/C30H13BF10O3/c32-14-7-8-24(23(37)11-14)42-31(43-25-12-15(33)9-19(29(25)40)17-3-1-5-21(35)27(17)38)44-26-13-16(34)10-20(30(26)41)18-4-2-6-22(36)28(18)39/h1-13H. The summed E-state index contributed by atoms with van der Waals surface area (Å²) in [5.41, 5.74) is -3.14. The predicted octanol–water partition coefficient (Wildman–Crippen LogP) is 8.93. The molecule has 14 heteroatoms. The molecule has 0 atom stereocenters. The van der Waals surface area contributed by atoms with E-state index in [4.69, 9.17) is 14.0 Å². The van der Waals surface area contributed by atoms with Gasteiger partial charge in [0.1, 0.15) is 34.7 Å². The SMILES string of the molecule is Fc1ccc(OB(Oc2cc(F)cc(-c3cccc(F)c3F)c2F)Oc2cc(F)cc(-c3cccc(F)c3F)c2F)c(F)c1. The molecule has 0 aliphatic rings. The minimum Gasteiger partial charge on any atom is -0.487 e. The molecule has 5 aromatic carbocycles. The van der Waals surface area contributed by atoms with Crippen LogP contribution in [0.15, 0.2) is 78.9 Å². The third kappa shape index (κ3) is 6.14. The van der Waals surface area contributed by atoms with Crippen molar-refractivity contribution in [1.82, 2.24) is 0 Å². The van der Waals surface area contributed by atoms with E-state index in [2.05, 4.69) is 0 Å². The second-order valence-corrected chi connectivity index (χ2v) is 8.95. The summed E-state index contributed by atoms with van der Waals surface area (Å²) in [6, 6.07) is 8.90. The van der Waals surface area contributed by atoms with Gasteiger partial charge in [0.15, 0.2) is 40.7 Å². The van der Waals surface area contributed by atoms with Gasteiger partial charge in [0.05, 0.1) is 0 Å². The van der Waals surface area contributed by atoms with Crippen LogP contribution in [-0.4, -0.2) is 7.32 Å². The van der Waals surface area contributed by atoms with E-state index in [9.17, 15) is 35.1 Å². The highest BCUT2D eigenvalue weighted by atomic mass is 19.2. The third-order valence-corrected chi connectivity index (χ3v) is 6.06. The normalized spacial score (nSPS) is 11.0. The Bertz CT molecular complexity index is 1780. The fourth-order valence-electron chi connectivity index (χ4n) is 4.07. The lowest BCUT2D eigenvalue weighted by Crippen LogP contribution is -2.38. The van der Waals surface area contributed by atoms with Crippen molar-refractivity contribution >= 4 is 7.32 Å². The largest absolute Gasteiger partial charge is 0.864 e. The van der Waals surface area contributed by atoms with Gasteiger partial charge in [-0.05, 0) is 36.4 Å². The summed E-state index contributed by atoms with van der Waals surface area (Å²) in [5, 5.41) is 0. The second-order valence-electron chi connectivity index (χ2n) is 8.95. The number of benzene rings is 5. The molecule has 224 valence electrons. The van der Waals surface area contributed by atoms with Gasteiger partial charge in [0.25, 0.3) is 0 Å². The van der Waals surface area contributed by atoms with Gasteiger partial charge in [-0.3, -0.25) is 0 Å². The second kappa shape index (κ2) is 12.2. The first-order valence-corrected chi connectivity index (χ1v) is 12.2. The van der Waals surface area contributed by atoms with Crippen LogP contribution in [0, 0.1) is 58.2 Å². The minimum absolute atomic E-state index is 0.355. The molecule has 5 rings (SSSR count). The minimum atomic E-state index is -2.53. The molecule has 0 bridgehead atoms. The Labute approximate surface area is 242 Å². The van der Waals surface area contributed by atoms with Gasteiger partial charge in [-0.1, -0.05) is 24.3 Å². The molecular formula is C30H13BF10O3. The first-order chi connectivity index (χ1) is 20.9. The van der Waals surface area contributed by atoms with Crippen LogP contribution in [0.25, 0.3) is 22.3 Å². The van der Waals surface area contributed by atoms with E-state index in [-0.39, 0.29) is 0 Å². The number of hydrogen-bond acceptors (Lipinski definition) is 3. The van der Waals surface area contributed by atoms with Crippen molar-refractivity contribution in [3.8, 4) is 39.5 Å². The quantitative estimate of drug-likeness (QED) is 0.128. The fraction of sp³-hybridized carbons (Fsp3) is 0. The first kappa shape index (κ1) is 30.3. The van der Waals surface area contributed by atoms with E-state index in [1.165, 1.54) is 0 Å². The molecule has 0 radical (unpaired) electrons. The topological polar surface area (TPSA) is 27.7 Å². The molecule has 0 N–H and O–H groups in total. The maximum Gasteiger partial charge on any atom is 0.864 e. The monoisotopic (exact) mass is 622 g/mol. The Morgan fingerprint density at radius 2 is 0.818 bits per heavy atom. The molecule has 3 nitrogen and oxygen atoms in total. The Morgan fingerprint density at radius 3 is 1.27 bits per heavy atom. The lowest BCUT2D eigenvalue weighted by atomic mass is 10.0. The molecule has 5 aromatic rings. The van der Waals surface area contributed by atoms with Crippen LogP contribution in [0.3, 0.4) is 0 Å². The van der Waals surface area contributed by atoms with Crippen molar-refractivity contribution < 1.29 is 57.9 Å². The van der Waals surface area contributed by atoms with E-state index < -0.39 is 105 Å². The summed E-state index contributed by atoms with van der Waals surface area (Å²) in [7, 11) is -2.53. The van der Waals surface area contributed by atoms with Gasteiger partial charge >= 0.3 is 7.32 Å². The van der Waals surface area contributed by atoms with E-state index in [1.54, 1.807) is 0 Å². The van der Waals surface area contributed by atoms with Gasteiger partial charge in [0.2, 0.25) is 0 Å². The van der Waals surface area contributed by atoms with Gasteiger partial charge in [-0.25, -0.2) is 43.9 Å². The summed E-state index contributed by atoms with van der Waals surface area (Å²) in [6.07, 6.45) is 0. The summed E-state index contributed by atoms with van der Waals surface area (Å²) in [5.74, 6) is -16.9. The highest BCUT2D eigenvalue weighted by molar-refractivity contribution is 6.39. The molecule has 0 aliphatic carbocycles. The molecule has 0 heterocycles. The maximum absolute atomic E-state index is 15.5. The summed E-state index contributed by atoms with van der Waals surface area (Å²) < 4.78 is 160. The zero-order valence-electron chi connectivity index (χ0n) is 21.6. The van der Waals surface area contributed by atoms with E-state index in [1.807, 2.05) is 0 Å². The number of hydrogen-bond donors (Lipinski definition) is 0. The lowest BCUT2D eigenvalue weighted by molar-refractivity contribution is 0.286. The molecule has 0 unspecified atom stereocenters. The molecule has 0 aromatic heterocycles. The van der Waals surface area contributed by atoms with Gasteiger partial charge in [0, 0.05) is 40.5 Å². The molecule has 0 fully saturated rings.